The summed E-state index contributed by atoms with van der Waals surface area (Å²) in [4.78, 5) is 22.3. The molecular formula is C21H20ClNO5. The van der Waals surface area contributed by atoms with E-state index in [1.54, 1.807) is 30.3 Å². The van der Waals surface area contributed by atoms with Crippen molar-refractivity contribution in [3.05, 3.63) is 63.8 Å². The van der Waals surface area contributed by atoms with Gasteiger partial charge in [0.05, 0.1) is 10.6 Å². The van der Waals surface area contributed by atoms with E-state index in [1.807, 2.05) is 19.9 Å². The lowest BCUT2D eigenvalue weighted by atomic mass is 10.1. The molecule has 28 heavy (non-hydrogen) atoms. The number of hydrogen-bond acceptors (Lipinski definition) is 3. The molecule has 6 nitrogen and oxygen atoms in total. The summed E-state index contributed by atoms with van der Waals surface area (Å²) in [5.41, 5.74) is 4.10. The van der Waals surface area contributed by atoms with Crippen LogP contribution in [0.15, 0.2) is 36.4 Å². The quantitative estimate of drug-likeness (QED) is 0.634. The van der Waals surface area contributed by atoms with Crippen LogP contribution in [0.2, 0.25) is 5.02 Å². The zero-order valence-corrected chi connectivity index (χ0v) is 16.4. The van der Waals surface area contributed by atoms with Crippen LogP contribution < -0.4 is 4.74 Å². The van der Waals surface area contributed by atoms with E-state index in [1.165, 1.54) is 6.92 Å². The van der Waals surface area contributed by atoms with Gasteiger partial charge in [-0.2, -0.15) is 0 Å². The highest BCUT2D eigenvalue weighted by molar-refractivity contribution is 6.32. The van der Waals surface area contributed by atoms with E-state index >= 15 is 0 Å². The third-order valence-corrected chi connectivity index (χ3v) is 5.19. The normalized spacial score (nSPS) is 12.1. The summed E-state index contributed by atoms with van der Waals surface area (Å²) in [5.74, 6) is -1.72. The van der Waals surface area contributed by atoms with Gasteiger partial charge in [0.25, 0.3) is 0 Å². The van der Waals surface area contributed by atoms with Crippen molar-refractivity contribution in [2.45, 2.75) is 33.4 Å². The van der Waals surface area contributed by atoms with Crippen LogP contribution in [0.3, 0.4) is 0 Å². The standard InChI is InChI=1S/C21H20ClNO5/c1-11-12(2)23(18-7-5-15(21(26)27)9-16(11)18)10-14-4-6-17(22)19(8-14)28-13(3)20(24)25/h4-9,13H,10H2,1-3H3,(H,24,25)(H,26,27)/t13-/m0/s1. The summed E-state index contributed by atoms with van der Waals surface area (Å²) in [6.45, 7) is 5.90. The van der Waals surface area contributed by atoms with Crippen LogP contribution in [0, 0.1) is 13.8 Å². The largest absolute Gasteiger partial charge is 0.479 e. The second-order valence-electron chi connectivity index (χ2n) is 6.70. The summed E-state index contributed by atoms with van der Waals surface area (Å²) in [5, 5.41) is 19.5. The number of halogens is 1. The van der Waals surface area contributed by atoms with Gasteiger partial charge in [0.1, 0.15) is 5.75 Å². The molecule has 7 heteroatoms. The minimum absolute atomic E-state index is 0.248. The fourth-order valence-corrected chi connectivity index (χ4v) is 3.31. The summed E-state index contributed by atoms with van der Waals surface area (Å²) in [6, 6.07) is 10.3. The lowest BCUT2D eigenvalue weighted by Gasteiger charge is -2.14. The van der Waals surface area contributed by atoms with Crippen molar-refractivity contribution in [2.75, 3.05) is 0 Å². The molecule has 2 N–H and O–H groups in total. The summed E-state index contributed by atoms with van der Waals surface area (Å²) >= 11 is 6.15. The molecule has 2 aromatic carbocycles. The number of ether oxygens (including phenoxy) is 1. The highest BCUT2D eigenvalue weighted by atomic mass is 35.5. The molecule has 0 amide bonds. The van der Waals surface area contributed by atoms with E-state index in [2.05, 4.69) is 4.57 Å². The number of rotatable bonds is 6. The number of aromatic carboxylic acids is 1. The Bertz CT molecular complexity index is 1090. The Labute approximate surface area is 166 Å². The Kier molecular flexibility index (Phi) is 5.34. The summed E-state index contributed by atoms with van der Waals surface area (Å²) in [6.07, 6.45) is -1.02. The van der Waals surface area contributed by atoms with Gasteiger partial charge in [-0.25, -0.2) is 9.59 Å². The lowest BCUT2D eigenvalue weighted by Crippen LogP contribution is -2.23. The minimum Gasteiger partial charge on any atom is -0.479 e. The van der Waals surface area contributed by atoms with Crippen LogP contribution >= 0.6 is 11.6 Å². The van der Waals surface area contributed by atoms with E-state index in [0.29, 0.717) is 17.3 Å². The second kappa shape index (κ2) is 7.56. The number of hydrogen-bond donors (Lipinski definition) is 2. The van der Waals surface area contributed by atoms with Crippen molar-refractivity contribution in [3.63, 3.8) is 0 Å². The van der Waals surface area contributed by atoms with Crippen LogP contribution in [-0.2, 0) is 11.3 Å². The smallest absolute Gasteiger partial charge is 0.344 e. The molecule has 3 rings (SSSR count). The fourth-order valence-electron chi connectivity index (χ4n) is 3.15. The highest BCUT2D eigenvalue weighted by Gasteiger charge is 2.17. The number of fused-ring (bicyclic) bond motifs is 1. The van der Waals surface area contributed by atoms with Gasteiger partial charge in [-0.15, -0.1) is 0 Å². The number of aryl methyl sites for hydroxylation is 1. The molecule has 0 saturated carbocycles. The molecule has 0 aliphatic carbocycles. The van der Waals surface area contributed by atoms with Gasteiger partial charge in [0, 0.05) is 23.1 Å². The molecule has 0 spiro atoms. The van der Waals surface area contributed by atoms with Gasteiger partial charge < -0.3 is 19.5 Å². The predicted octanol–water partition coefficient (Wildman–Crippen LogP) is 4.51. The maximum absolute atomic E-state index is 11.3. The first-order valence-corrected chi connectivity index (χ1v) is 9.07. The molecule has 0 fully saturated rings. The fraction of sp³-hybridized carbons (Fsp3) is 0.238. The lowest BCUT2D eigenvalue weighted by molar-refractivity contribution is -0.144. The maximum atomic E-state index is 11.3. The van der Waals surface area contributed by atoms with Gasteiger partial charge in [-0.05, 0) is 62.2 Å². The topological polar surface area (TPSA) is 88.8 Å². The van der Waals surface area contributed by atoms with Crippen LogP contribution in [-0.4, -0.2) is 32.8 Å². The highest BCUT2D eigenvalue weighted by Crippen LogP contribution is 2.30. The Morgan fingerprint density at radius 2 is 1.86 bits per heavy atom. The molecule has 0 aliphatic rings. The van der Waals surface area contributed by atoms with E-state index in [0.717, 1.165) is 27.7 Å². The molecular weight excluding hydrogens is 382 g/mol. The number of carbonyl (C=O) groups is 2. The van der Waals surface area contributed by atoms with Crippen molar-refractivity contribution in [1.82, 2.24) is 4.57 Å². The molecule has 1 heterocycles. The number of carboxylic acid groups (broad SMARTS) is 2. The number of carboxylic acids is 2. The molecule has 0 unspecified atom stereocenters. The third kappa shape index (κ3) is 3.68. The van der Waals surface area contributed by atoms with Crippen LogP contribution in [0.25, 0.3) is 10.9 Å². The van der Waals surface area contributed by atoms with Crippen LogP contribution in [0.1, 0.15) is 34.1 Å². The molecule has 1 atom stereocenters. The number of aliphatic carboxylic acids is 1. The Morgan fingerprint density at radius 3 is 2.50 bits per heavy atom. The average molecular weight is 402 g/mol. The second-order valence-corrected chi connectivity index (χ2v) is 7.10. The first-order chi connectivity index (χ1) is 13.2. The number of nitrogens with zero attached hydrogens (tertiary/aromatic N) is 1. The molecule has 0 aliphatic heterocycles. The van der Waals surface area contributed by atoms with E-state index < -0.39 is 18.0 Å². The monoisotopic (exact) mass is 401 g/mol. The molecule has 146 valence electrons. The Hall–Kier alpha value is -2.99. The molecule has 0 saturated heterocycles. The van der Waals surface area contributed by atoms with E-state index in [4.69, 9.17) is 21.4 Å². The Morgan fingerprint density at radius 1 is 1.14 bits per heavy atom. The predicted molar refractivity (Wildman–Crippen MR) is 107 cm³/mol. The Balaban J connectivity index is 2.00. The van der Waals surface area contributed by atoms with Crippen molar-refractivity contribution in [3.8, 4) is 5.75 Å². The van der Waals surface area contributed by atoms with Gasteiger partial charge in [-0.1, -0.05) is 17.7 Å². The minimum atomic E-state index is -1.07. The molecule has 1 aromatic heterocycles. The zero-order chi connectivity index (χ0) is 20.6. The maximum Gasteiger partial charge on any atom is 0.344 e. The average Bonchev–Trinajstić information content (AvgIpc) is 2.88. The van der Waals surface area contributed by atoms with Crippen molar-refractivity contribution in [2.24, 2.45) is 0 Å². The number of benzene rings is 2. The van der Waals surface area contributed by atoms with Crippen molar-refractivity contribution < 1.29 is 24.5 Å². The van der Waals surface area contributed by atoms with E-state index in [-0.39, 0.29) is 5.56 Å². The zero-order valence-electron chi connectivity index (χ0n) is 15.7. The van der Waals surface area contributed by atoms with E-state index in [9.17, 15) is 14.7 Å². The summed E-state index contributed by atoms with van der Waals surface area (Å²) in [7, 11) is 0. The van der Waals surface area contributed by atoms with Crippen LogP contribution in [0.4, 0.5) is 0 Å². The molecule has 3 aromatic rings. The third-order valence-electron chi connectivity index (χ3n) is 4.87. The number of aromatic nitrogens is 1. The SMILES string of the molecule is Cc1c(C)n(Cc2ccc(Cl)c(O[C@@H](C)C(=O)O)c2)c2ccc(C(=O)O)cc12. The molecule has 0 radical (unpaired) electrons. The molecule has 0 bridgehead atoms. The van der Waals surface area contributed by atoms with Gasteiger partial charge >= 0.3 is 11.9 Å². The van der Waals surface area contributed by atoms with Crippen molar-refractivity contribution in [1.29, 1.82) is 0 Å². The van der Waals surface area contributed by atoms with Crippen molar-refractivity contribution >= 4 is 34.4 Å². The first kappa shape index (κ1) is 19.8. The van der Waals surface area contributed by atoms with Gasteiger partial charge in [-0.3, -0.25) is 0 Å². The summed E-state index contributed by atoms with van der Waals surface area (Å²) < 4.78 is 7.53. The first-order valence-electron chi connectivity index (χ1n) is 8.69. The van der Waals surface area contributed by atoms with Gasteiger partial charge in [0.2, 0.25) is 0 Å². The van der Waals surface area contributed by atoms with Gasteiger partial charge in [0.15, 0.2) is 6.10 Å². The van der Waals surface area contributed by atoms with Crippen LogP contribution in [0.5, 0.6) is 5.75 Å².